The van der Waals surface area contributed by atoms with Crippen LogP contribution >= 0.6 is 39.1 Å². The van der Waals surface area contributed by atoms with Gasteiger partial charge in [0.05, 0.1) is 27.8 Å². The molecule has 0 saturated heterocycles. The van der Waals surface area contributed by atoms with Gasteiger partial charge in [-0.3, -0.25) is 4.79 Å². The van der Waals surface area contributed by atoms with Gasteiger partial charge in [-0.15, -0.1) is 0 Å². The van der Waals surface area contributed by atoms with Crippen LogP contribution in [0.25, 0.3) is 39.1 Å². The maximum absolute atomic E-state index is 13.6. The quantitative estimate of drug-likeness (QED) is 0.190. The van der Waals surface area contributed by atoms with Gasteiger partial charge in [-0.05, 0) is 74.5 Å². The zero-order chi connectivity index (χ0) is 26.6. The maximum atomic E-state index is 13.6. The first-order valence-corrected chi connectivity index (χ1v) is 13.2. The molecule has 0 aliphatic rings. The summed E-state index contributed by atoms with van der Waals surface area (Å²) in [7, 11) is 0. The number of aryl methyl sites for hydroxylation is 1. The molecule has 0 fully saturated rings. The number of para-hydroxylation sites is 1. The molecule has 6 nitrogen and oxygen atoms in total. The van der Waals surface area contributed by atoms with E-state index in [9.17, 15) is 4.79 Å². The van der Waals surface area contributed by atoms with E-state index in [1.807, 2.05) is 60.9 Å². The molecule has 3 heterocycles. The Hall–Kier alpha value is -3.65. The van der Waals surface area contributed by atoms with Crippen molar-refractivity contribution in [2.45, 2.75) is 13.8 Å². The lowest BCUT2D eigenvalue weighted by atomic mass is 10.2. The number of fused-ring (bicyclic) bond motifs is 2. The Labute approximate surface area is 235 Å². The topological polar surface area (TPSA) is 65.3 Å². The van der Waals surface area contributed by atoms with Crippen molar-refractivity contribution < 1.29 is 4.42 Å². The third kappa shape index (κ3) is 4.26. The molecule has 0 spiro atoms. The van der Waals surface area contributed by atoms with Gasteiger partial charge in [0, 0.05) is 31.8 Å². The second-order valence-electron chi connectivity index (χ2n) is 8.86. The van der Waals surface area contributed by atoms with E-state index in [0.717, 1.165) is 32.5 Å². The number of benzene rings is 3. The van der Waals surface area contributed by atoms with Crippen molar-refractivity contribution in [3.8, 4) is 17.3 Å². The number of aromatic nitrogens is 3. The third-order valence-electron chi connectivity index (χ3n) is 6.39. The summed E-state index contributed by atoms with van der Waals surface area (Å²) < 4.78 is 10.3. The number of hydrogen-bond acceptors (Lipinski definition) is 4. The van der Waals surface area contributed by atoms with Crippen molar-refractivity contribution >= 4 is 67.2 Å². The first kappa shape index (κ1) is 24.7. The molecule has 0 saturated carbocycles. The monoisotopic (exact) mass is 604 g/mol. The molecular formula is C29H19BrCl2N4O2. The lowest BCUT2D eigenvalue weighted by Gasteiger charge is -2.12. The van der Waals surface area contributed by atoms with Gasteiger partial charge in [-0.25, -0.2) is 4.98 Å². The highest BCUT2D eigenvalue weighted by Crippen LogP contribution is 2.30. The Morgan fingerprint density at radius 3 is 2.63 bits per heavy atom. The Morgan fingerprint density at radius 2 is 1.82 bits per heavy atom. The number of halogens is 3. The first-order valence-electron chi connectivity index (χ1n) is 11.7. The van der Waals surface area contributed by atoms with Crippen LogP contribution in [0.2, 0.25) is 10.0 Å². The van der Waals surface area contributed by atoms with Gasteiger partial charge in [0.1, 0.15) is 5.58 Å². The van der Waals surface area contributed by atoms with Crippen LogP contribution in [0.1, 0.15) is 17.0 Å². The molecule has 3 aromatic carbocycles. The fourth-order valence-electron chi connectivity index (χ4n) is 4.59. The van der Waals surface area contributed by atoms with Gasteiger partial charge in [-0.1, -0.05) is 51.3 Å². The maximum Gasteiger partial charge on any atom is 0.282 e. The molecule has 0 radical (unpaired) electrons. The van der Waals surface area contributed by atoms with Crippen molar-refractivity contribution in [2.75, 3.05) is 0 Å². The number of hydrogen-bond donors (Lipinski definition) is 0. The van der Waals surface area contributed by atoms with Gasteiger partial charge in [-0.2, -0.15) is 9.78 Å². The molecule has 0 amide bonds. The summed E-state index contributed by atoms with van der Waals surface area (Å²) in [5.41, 5.74) is 4.46. The molecule has 0 bridgehead atoms. The van der Waals surface area contributed by atoms with Crippen LogP contribution in [-0.2, 0) is 0 Å². The number of nitrogens with zero attached hydrogens (tertiary/aromatic N) is 4. The largest absolute Gasteiger partial charge is 0.453 e. The molecular weight excluding hydrogens is 587 g/mol. The van der Waals surface area contributed by atoms with Crippen LogP contribution in [0, 0.1) is 13.8 Å². The summed E-state index contributed by atoms with van der Waals surface area (Å²) >= 11 is 16.1. The second-order valence-corrected chi connectivity index (χ2v) is 10.6. The highest BCUT2D eigenvalue weighted by Gasteiger charge is 2.17. The van der Waals surface area contributed by atoms with E-state index in [4.69, 9.17) is 32.6 Å². The van der Waals surface area contributed by atoms with E-state index in [1.165, 1.54) is 4.68 Å². The Morgan fingerprint density at radius 1 is 1.00 bits per heavy atom. The molecule has 0 N–H and O–H groups in total. The predicted octanol–water partition coefficient (Wildman–Crippen LogP) is 8.17. The highest BCUT2D eigenvalue weighted by atomic mass is 79.9. The van der Waals surface area contributed by atoms with E-state index in [1.54, 1.807) is 36.5 Å². The lowest BCUT2D eigenvalue weighted by Crippen LogP contribution is -2.20. The minimum absolute atomic E-state index is 0.293. The van der Waals surface area contributed by atoms with Crippen molar-refractivity contribution in [3.05, 3.63) is 115 Å². The van der Waals surface area contributed by atoms with Crippen LogP contribution < -0.4 is 5.56 Å². The second kappa shape index (κ2) is 9.58. The van der Waals surface area contributed by atoms with E-state index >= 15 is 0 Å². The van der Waals surface area contributed by atoms with Crippen LogP contribution in [0.15, 0.2) is 91.6 Å². The molecule has 0 aliphatic carbocycles. The summed E-state index contributed by atoms with van der Waals surface area (Å²) in [6.07, 6.45) is 1.66. The molecule has 3 aromatic heterocycles. The van der Waals surface area contributed by atoms with Gasteiger partial charge in [0.15, 0.2) is 5.76 Å². The van der Waals surface area contributed by atoms with Crippen molar-refractivity contribution in [3.63, 3.8) is 0 Å². The summed E-state index contributed by atoms with van der Waals surface area (Å²) in [6.45, 7) is 3.95. The Bertz CT molecular complexity index is 1970. The van der Waals surface area contributed by atoms with Gasteiger partial charge in [0.2, 0.25) is 5.82 Å². The van der Waals surface area contributed by atoms with Crippen molar-refractivity contribution in [1.82, 2.24) is 14.2 Å². The molecule has 6 rings (SSSR count). The van der Waals surface area contributed by atoms with Crippen LogP contribution in [0.4, 0.5) is 0 Å². The van der Waals surface area contributed by atoms with Crippen LogP contribution in [0.3, 0.4) is 0 Å². The van der Waals surface area contributed by atoms with E-state index < -0.39 is 0 Å². The standard InChI is InChI=1S/C29H19BrCl2N4O2/c1-16-11-19(17(2)35(16)25-9-8-21(31)14-23(25)32)15-33-36-28(34-24-6-4-3-5-22(24)29(36)37)27-13-18-12-20(30)7-10-26(18)38-27/h3-15H,1-2H3. The Kier molecular flexibility index (Phi) is 6.22. The SMILES string of the molecule is Cc1cc(C=Nn2c(-c3cc4cc(Br)ccc4o3)nc3ccccc3c2=O)c(C)n1-c1ccc(Cl)cc1Cl. The first-order chi connectivity index (χ1) is 18.3. The normalized spacial score (nSPS) is 11.8. The summed E-state index contributed by atoms with van der Waals surface area (Å²) in [5, 5.41) is 7.07. The third-order valence-corrected chi connectivity index (χ3v) is 7.42. The fourth-order valence-corrected chi connectivity index (χ4v) is 5.46. The molecule has 0 aliphatic heterocycles. The molecule has 0 atom stereocenters. The van der Waals surface area contributed by atoms with Crippen molar-refractivity contribution in [1.29, 1.82) is 0 Å². The number of furan rings is 1. The predicted molar refractivity (Wildman–Crippen MR) is 157 cm³/mol. The van der Waals surface area contributed by atoms with E-state index in [0.29, 0.717) is 38.1 Å². The minimum Gasteiger partial charge on any atom is -0.453 e. The number of rotatable bonds is 4. The highest BCUT2D eigenvalue weighted by molar-refractivity contribution is 9.10. The lowest BCUT2D eigenvalue weighted by molar-refractivity contribution is 0.616. The van der Waals surface area contributed by atoms with Crippen molar-refractivity contribution in [2.24, 2.45) is 5.10 Å². The molecule has 38 heavy (non-hydrogen) atoms. The van der Waals surface area contributed by atoms with Gasteiger partial charge < -0.3 is 8.98 Å². The van der Waals surface area contributed by atoms with Gasteiger partial charge in [0.25, 0.3) is 5.56 Å². The zero-order valence-corrected chi connectivity index (χ0v) is 23.3. The fraction of sp³-hybridized carbons (Fsp3) is 0.0690. The van der Waals surface area contributed by atoms with Gasteiger partial charge >= 0.3 is 0 Å². The summed E-state index contributed by atoms with van der Waals surface area (Å²) in [4.78, 5) is 18.4. The molecule has 9 heteroatoms. The van der Waals surface area contributed by atoms with Crippen LogP contribution in [-0.4, -0.2) is 20.4 Å². The minimum atomic E-state index is -0.293. The van der Waals surface area contributed by atoms with Crippen LogP contribution in [0.5, 0.6) is 0 Å². The Balaban J connectivity index is 1.51. The molecule has 0 unspecified atom stereocenters. The summed E-state index contributed by atoms with van der Waals surface area (Å²) in [6, 6.07) is 22.1. The molecule has 6 aromatic rings. The average molecular weight is 606 g/mol. The average Bonchev–Trinajstić information content (AvgIpc) is 3.43. The van der Waals surface area contributed by atoms with E-state index in [-0.39, 0.29) is 5.56 Å². The molecule has 188 valence electrons. The smallest absolute Gasteiger partial charge is 0.282 e. The zero-order valence-electron chi connectivity index (χ0n) is 20.2. The van der Waals surface area contributed by atoms with E-state index in [2.05, 4.69) is 21.0 Å². The summed E-state index contributed by atoms with van der Waals surface area (Å²) in [5.74, 6) is 0.753.